The molecule has 2 aromatic carbocycles. The van der Waals surface area contributed by atoms with Crippen LogP contribution in [-0.4, -0.2) is 0 Å². The van der Waals surface area contributed by atoms with Crippen molar-refractivity contribution in [1.82, 2.24) is 0 Å². The van der Waals surface area contributed by atoms with Crippen LogP contribution in [0, 0.1) is 5.92 Å². The summed E-state index contributed by atoms with van der Waals surface area (Å²) in [6, 6.07) is 17.5. The van der Waals surface area contributed by atoms with Crippen molar-refractivity contribution in [2.45, 2.75) is 26.2 Å². The van der Waals surface area contributed by atoms with Gasteiger partial charge in [-0.1, -0.05) is 18.2 Å². The van der Waals surface area contributed by atoms with E-state index in [4.69, 9.17) is 0 Å². The van der Waals surface area contributed by atoms with E-state index in [1.807, 2.05) is 0 Å². The third kappa shape index (κ3) is 1.33. The molecular formula is C17H17+. The second kappa shape index (κ2) is 3.40. The maximum Gasteiger partial charge on any atom is 0.141 e. The van der Waals surface area contributed by atoms with Crippen molar-refractivity contribution < 1.29 is 0 Å². The van der Waals surface area contributed by atoms with Gasteiger partial charge in [0.2, 0.25) is 0 Å². The molecule has 1 aliphatic rings. The first-order valence-corrected chi connectivity index (χ1v) is 6.15. The lowest BCUT2D eigenvalue weighted by atomic mass is 9.64. The summed E-state index contributed by atoms with van der Waals surface area (Å²) in [5.74, 6) is 1.46. The van der Waals surface area contributed by atoms with Crippen molar-refractivity contribution in [3.63, 3.8) is 0 Å². The molecule has 0 amide bonds. The Labute approximate surface area is 103 Å². The van der Waals surface area contributed by atoms with E-state index >= 15 is 0 Å². The Morgan fingerprint density at radius 1 is 0.824 bits per heavy atom. The molecule has 3 rings (SSSR count). The fraction of sp³-hybridized carbons (Fsp3) is 0.235. The predicted molar refractivity (Wildman–Crippen MR) is 72.9 cm³/mol. The van der Waals surface area contributed by atoms with Crippen LogP contribution >= 0.6 is 0 Å². The Balaban J connectivity index is 2.37. The van der Waals surface area contributed by atoms with Crippen LogP contribution in [0.5, 0.6) is 0 Å². The van der Waals surface area contributed by atoms with Crippen molar-refractivity contribution >= 4 is 0 Å². The summed E-state index contributed by atoms with van der Waals surface area (Å²) in [6.45, 7) is 6.89. The van der Waals surface area contributed by atoms with Gasteiger partial charge in [-0.3, -0.25) is 0 Å². The zero-order valence-electron chi connectivity index (χ0n) is 10.6. The maximum absolute atomic E-state index is 2.32. The molecule has 0 unspecified atom stereocenters. The Morgan fingerprint density at radius 3 is 2.18 bits per heavy atom. The van der Waals surface area contributed by atoms with E-state index in [1.54, 1.807) is 0 Å². The molecule has 1 aliphatic carbocycles. The smallest absolute Gasteiger partial charge is 0.0618 e. The molecule has 0 heterocycles. The molecular weight excluding hydrogens is 204 g/mol. The first-order valence-electron chi connectivity index (χ1n) is 6.15. The van der Waals surface area contributed by atoms with Gasteiger partial charge in [0.1, 0.15) is 5.56 Å². The number of benzene rings is 2. The Bertz CT molecular complexity index is 564. The van der Waals surface area contributed by atoms with E-state index in [-0.39, 0.29) is 5.41 Å². The molecule has 0 fully saturated rings. The van der Waals surface area contributed by atoms with Gasteiger partial charge >= 0.3 is 0 Å². The van der Waals surface area contributed by atoms with Crippen molar-refractivity contribution in [3.8, 4) is 11.1 Å². The summed E-state index contributed by atoms with van der Waals surface area (Å²) in [4.78, 5) is 0. The zero-order chi connectivity index (χ0) is 12.0. The summed E-state index contributed by atoms with van der Waals surface area (Å²) >= 11 is 0. The lowest BCUT2D eigenvalue weighted by Gasteiger charge is -2.33. The third-order valence-electron chi connectivity index (χ3n) is 4.16. The molecule has 2 aromatic rings. The summed E-state index contributed by atoms with van der Waals surface area (Å²) in [6.07, 6.45) is 0. The second-order valence-electron chi connectivity index (χ2n) is 5.34. The highest BCUT2D eigenvalue weighted by atomic mass is 14.4. The Hall–Kier alpha value is -1.69. The fourth-order valence-corrected chi connectivity index (χ4v) is 2.85. The fourth-order valence-electron chi connectivity index (χ4n) is 2.85. The van der Waals surface area contributed by atoms with Gasteiger partial charge < -0.3 is 0 Å². The highest BCUT2D eigenvalue weighted by Gasteiger charge is 2.42. The Kier molecular flexibility index (Phi) is 2.09. The quantitative estimate of drug-likeness (QED) is 0.571. The molecule has 17 heavy (non-hydrogen) atoms. The van der Waals surface area contributed by atoms with Crippen LogP contribution < -0.4 is 0 Å². The topological polar surface area (TPSA) is 0 Å². The first-order chi connectivity index (χ1) is 8.12. The summed E-state index contributed by atoms with van der Waals surface area (Å²) < 4.78 is 0. The molecule has 0 aliphatic heterocycles. The van der Waals surface area contributed by atoms with Gasteiger partial charge in [0.05, 0.1) is 11.0 Å². The van der Waals surface area contributed by atoms with E-state index in [1.165, 1.54) is 28.2 Å². The van der Waals surface area contributed by atoms with Gasteiger partial charge in [0.25, 0.3) is 0 Å². The molecule has 0 aromatic heterocycles. The minimum absolute atomic E-state index is 0.130. The molecule has 0 radical (unpaired) electrons. The minimum Gasteiger partial charge on any atom is -0.0618 e. The average Bonchev–Trinajstić information content (AvgIpc) is 2.37. The number of hydrogen-bond donors (Lipinski definition) is 0. The SMILES string of the molecule is C[C+]1c2ccccc2-c2ccccc2C1(C)C. The number of fused-ring (bicyclic) bond motifs is 3. The predicted octanol–water partition coefficient (Wildman–Crippen LogP) is 4.59. The van der Waals surface area contributed by atoms with E-state index in [0.717, 1.165) is 0 Å². The molecule has 0 heteroatoms. The highest BCUT2D eigenvalue weighted by molar-refractivity contribution is 5.79. The van der Waals surface area contributed by atoms with Crippen LogP contribution in [0.15, 0.2) is 48.5 Å². The van der Waals surface area contributed by atoms with Crippen LogP contribution in [0.25, 0.3) is 11.1 Å². The molecule has 0 saturated carbocycles. The second-order valence-corrected chi connectivity index (χ2v) is 5.34. The lowest BCUT2D eigenvalue weighted by molar-refractivity contribution is 0.558. The van der Waals surface area contributed by atoms with Crippen molar-refractivity contribution in [2.24, 2.45) is 0 Å². The molecule has 0 atom stereocenters. The van der Waals surface area contributed by atoms with Gasteiger partial charge in [0, 0.05) is 30.5 Å². The van der Waals surface area contributed by atoms with Crippen molar-refractivity contribution in [2.75, 3.05) is 0 Å². The van der Waals surface area contributed by atoms with Gasteiger partial charge in [0.15, 0.2) is 0 Å². The van der Waals surface area contributed by atoms with Gasteiger partial charge in [-0.2, -0.15) is 0 Å². The van der Waals surface area contributed by atoms with Crippen LogP contribution in [0.3, 0.4) is 0 Å². The summed E-state index contributed by atoms with van der Waals surface area (Å²) in [5, 5.41) is 0. The number of rotatable bonds is 0. The van der Waals surface area contributed by atoms with Crippen LogP contribution in [0.4, 0.5) is 0 Å². The largest absolute Gasteiger partial charge is 0.141 e. The third-order valence-corrected chi connectivity index (χ3v) is 4.16. The first kappa shape index (κ1) is 10.5. The van der Waals surface area contributed by atoms with E-state index < -0.39 is 0 Å². The molecule has 0 nitrogen and oxygen atoms in total. The molecule has 84 valence electrons. The minimum atomic E-state index is 0.130. The van der Waals surface area contributed by atoms with Gasteiger partial charge in [-0.25, -0.2) is 0 Å². The van der Waals surface area contributed by atoms with E-state index in [9.17, 15) is 0 Å². The summed E-state index contributed by atoms with van der Waals surface area (Å²) in [5.41, 5.74) is 5.73. The number of hydrogen-bond acceptors (Lipinski definition) is 0. The highest BCUT2D eigenvalue weighted by Crippen LogP contribution is 2.49. The molecule has 0 saturated heterocycles. The van der Waals surface area contributed by atoms with Gasteiger partial charge in [-0.15, -0.1) is 0 Å². The van der Waals surface area contributed by atoms with Crippen LogP contribution in [-0.2, 0) is 5.41 Å². The standard InChI is InChI=1S/C17H17/c1-12-13-8-4-5-9-14(13)15-10-6-7-11-16(15)17(12,2)3/h4-11H,1-3H3/q+1. The van der Waals surface area contributed by atoms with Crippen molar-refractivity contribution in [3.05, 3.63) is 65.6 Å². The maximum atomic E-state index is 2.32. The lowest BCUT2D eigenvalue weighted by Crippen LogP contribution is -2.30. The molecule has 0 spiro atoms. The van der Waals surface area contributed by atoms with E-state index in [2.05, 4.69) is 69.3 Å². The average molecular weight is 221 g/mol. The van der Waals surface area contributed by atoms with E-state index in [0.29, 0.717) is 0 Å². The van der Waals surface area contributed by atoms with Crippen molar-refractivity contribution in [1.29, 1.82) is 0 Å². The Morgan fingerprint density at radius 2 is 1.41 bits per heavy atom. The van der Waals surface area contributed by atoms with Crippen LogP contribution in [0.2, 0.25) is 0 Å². The normalized spacial score (nSPS) is 16.3. The molecule has 0 bridgehead atoms. The zero-order valence-corrected chi connectivity index (χ0v) is 10.6. The molecule has 0 N–H and O–H groups in total. The van der Waals surface area contributed by atoms with Crippen LogP contribution in [0.1, 0.15) is 31.9 Å². The van der Waals surface area contributed by atoms with Gasteiger partial charge in [-0.05, 0) is 37.6 Å². The monoisotopic (exact) mass is 221 g/mol. The summed E-state index contributed by atoms with van der Waals surface area (Å²) in [7, 11) is 0.